The Kier molecular flexibility index (Phi) is 4.90. The minimum absolute atomic E-state index is 0.977. The number of aromatic nitrogens is 1. The Balaban J connectivity index is 1.84. The lowest BCUT2D eigenvalue weighted by Crippen LogP contribution is -2.20. The minimum atomic E-state index is 0.977. The number of benzene rings is 1. The summed E-state index contributed by atoms with van der Waals surface area (Å²) in [6, 6.07) is 12.6. The van der Waals surface area contributed by atoms with E-state index < -0.39 is 0 Å². The fraction of sp³-hybridized carbons (Fsp3) is 0.267. The van der Waals surface area contributed by atoms with Crippen LogP contribution < -0.4 is 0 Å². The molecule has 0 unspecified atom stereocenters. The van der Waals surface area contributed by atoms with Crippen molar-refractivity contribution >= 4 is 15.9 Å². The Morgan fingerprint density at radius 2 is 1.89 bits per heavy atom. The number of pyridine rings is 1. The highest BCUT2D eigenvalue weighted by atomic mass is 79.9. The SMILES string of the molecule is CN(CCc1ccncc1)Cc1cccc(Br)c1. The van der Waals surface area contributed by atoms with Crippen LogP contribution in [0.15, 0.2) is 53.3 Å². The highest BCUT2D eigenvalue weighted by Crippen LogP contribution is 2.13. The minimum Gasteiger partial charge on any atom is -0.302 e. The van der Waals surface area contributed by atoms with Crippen LogP contribution in [0.25, 0.3) is 0 Å². The maximum Gasteiger partial charge on any atom is 0.0270 e. The molecule has 0 fully saturated rings. The third-order valence-electron chi connectivity index (χ3n) is 2.87. The first-order valence-electron chi connectivity index (χ1n) is 6.06. The molecule has 0 spiro atoms. The van der Waals surface area contributed by atoms with Gasteiger partial charge in [-0.15, -0.1) is 0 Å². The Morgan fingerprint density at radius 1 is 1.11 bits per heavy atom. The van der Waals surface area contributed by atoms with E-state index in [4.69, 9.17) is 0 Å². The van der Waals surface area contributed by atoms with E-state index in [0.717, 1.165) is 24.0 Å². The first-order chi connectivity index (χ1) is 8.74. The second-order valence-electron chi connectivity index (χ2n) is 4.47. The molecule has 94 valence electrons. The molecule has 1 aromatic heterocycles. The van der Waals surface area contributed by atoms with Gasteiger partial charge in [-0.3, -0.25) is 4.98 Å². The van der Waals surface area contributed by atoms with E-state index in [1.807, 2.05) is 12.4 Å². The molecular formula is C15H17BrN2. The van der Waals surface area contributed by atoms with Crippen LogP contribution in [0.1, 0.15) is 11.1 Å². The molecule has 0 saturated carbocycles. The van der Waals surface area contributed by atoms with E-state index in [-0.39, 0.29) is 0 Å². The molecule has 0 amide bonds. The van der Waals surface area contributed by atoms with Gasteiger partial charge in [0.1, 0.15) is 0 Å². The van der Waals surface area contributed by atoms with Crippen molar-refractivity contribution in [3.63, 3.8) is 0 Å². The Hall–Kier alpha value is -1.19. The molecule has 1 aromatic carbocycles. The van der Waals surface area contributed by atoms with Crippen molar-refractivity contribution in [1.82, 2.24) is 9.88 Å². The van der Waals surface area contributed by atoms with Gasteiger partial charge in [0.2, 0.25) is 0 Å². The van der Waals surface area contributed by atoms with Gasteiger partial charge in [-0.1, -0.05) is 28.1 Å². The van der Waals surface area contributed by atoms with E-state index in [1.54, 1.807) is 0 Å². The van der Waals surface area contributed by atoms with Crippen LogP contribution in [0.4, 0.5) is 0 Å². The van der Waals surface area contributed by atoms with Crippen LogP contribution in [0, 0.1) is 0 Å². The Bertz CT molecular complexity index is 485. The number of likely N-dealkylation sites (N-methyl/N-ethyl adjacent to an activating group) is 1. The molecule has 0 radical (unpaired) electrons. The quantitative estimate of drug-likeness (QED) is 0.840. The summed E-state index contributed by atoms with van der Waals surface area (Å²) in [7, 11) is 2.15. The summed E-state index contributed by atoms with van der Waals surface area (Å²) >= 11 is 3.50. The second-order valence-corrected chi connectivity index (χ2v) is 5.39. The highest BCUT2D eigenvalue weighted by Gasteiger charge is 2.01. The first kappa shape index (κ1) is 13.2. The first-order valence-corrected chi connectivity index (χ1v) is 6.85. The van der Waals surface area contributed by atoms with Crippen molar-refractivity contribution in [2.24, 2.45) is 0 Å². The Labute approximate surface area is 117 Å². The van der Waals surface area contributed by atoms with Gasteiger partial charge in [0.15, 0.2) is 0 Å². The lowest BCUT2D eigenvalue weighted by Gasteiger charge is -2.16. The van der Waals surface area contributed by atoms with Crippen molar-refractivity contribution < 1.29 is 0 Å². The third-order valence-corrected chi connectivity index (χ3v) is 3.37. The van der Waals surface area contributed by atoms with Crippen LogP contribution in [-0.2, 0) is 13.0 Å². The van der Waals surface area contributed by atoms with Crippen LogP contribution in [0.3, 0.4) is 0 Å². The average Bonchev–Trinajstić information content (AvgIpc) is 2.38. The number of halogens is 1. The van der Waals surface area contributed by atoms with Gasteiger partial charge in [-0.2, -0.15) is 0 Å². The maximum absolute atomic E-state index is 4.03. The molecule has 18 heavy (non-hydrogen) atoms. The molecule has 2 nitrogen and oxygen atoms in total. The summed E-state index contributed by atoms with van der Waals surface area (Å²) in [5.41, 5.74) is 2.67. The van der Waals surface area contributed by atoms with Crippen molar-refractivity contribution in [3.8, 4) is 0 Å². The van der Waals surface area contributed by atoms with Gasteiger partial charge in [-0.25, -0.2) is 0 Å². The predicted octanol–water partition coefficient (Wildman–Crippen LogP) is 3.52. The third kappa shape index (κ3) is 4.24. The molecule has 2 rings (SSSR count). The molecule has 1 heterocycles. The molecule has 3 heteroatoms. The van der Waals surface area contributed by atoms with E-state index >= 15 is 0 Å². The molecule has 0 bridgehead atoms. The number of hydrogen-bond donors (Lipinski definition) is 0. The summed E-state index contributed by atoms with van der Waals surface area (Å²) in [5, 5.41) is 0. The monoisotopic (exact) mass is 304 g/mol. The summed E-state index contributed by atoms with van der Waals surface area (Å²) in [5.74, 6) is 0. The zero-order chi connectivity index (χ0) is 12.8. The normalized spacial score (nSPS) is 10.8. The maximum atomic E-state index is 4.03. The van der Waals surface area contributed by atoms with Crippen molar-refractivity contribution in [2.75, 3.05) is 13.6 Å². The molecule has 0 aliphatic rings. The lowest BCUT2D eigenvalue weighted by atomic mass is 10.2. The summed E-state index contributed by atoms with van der Waals surface area (Å²) in [6.07, 6.45) is 4.76. The number of rotatable bonds is 5. The topological polar surface area (TPSA) is 16.1 Å². The van der Waals surface area contributed by atoms with Crippen LogP contribution in [0.2, 0.25) is 0 Å². The molecule has 0 aliphatic heterocycles. The van der Waals surface area contributed by atoms with E-state index in [2.05, 4.69) is 69.3 Å². The number of hydrogen-bond acceptors (Lipinski definition) is 2. The van der Waals surface area contributed by atoms with Gasteiger partial charge < -0.3 is 4.90 Å². The fourth-order valence-corrected chi connectivity index (χ4v) is 2.34. The summed E-state index contributed by atoms with van der Waals surface area (Å²) in [4.78, 5) is 6.37. The van der Waals surface area contributed by atoms with Crippen LogP contribution in [-0.4, -0.2) is 23.5 Å². The molecule has 0 N–H and O–H groups in total. The Morgan fingerprint density at radius 3 is 2.61 bits per heavy atom. The molecular weight excluding hydrogens is 288 g/mol. The van der Waals surface area contributed by atoms with E-state index in [1.165, 1.54) is 11.1 Å². The smallest absolute Gasteiger partial charge is 0.0270 e. The van der Waals surface area contributed by atoms with Crippen molar-refractivity contribution in [2.45, 2.75) is 13.0 Å². The second kappa shape index (κ2) is 6.66. The van der Waals surface area contributed by atoms with E-state index in [0.29, 0.717) is 0 Å². The van der Waals surface area contributed by atoms with Gasteiger partial charge >= 0.3 is 0 Å². The zero-order valence-corrected chi connectivity index (χ0v) is 12.1. The molecule has 0 aliphatic carbocycles. The largest absolute Gasteiger partial charge is 0.302 e. The van der Waals surface area contributed by atoms with Crippen LogP contribution >= 0.6 is 15.9 Å². The lowest BCUT2D eigenvalue weighted by molar-refractivity contribution is 0.331. The molecule has 0 atom stereocenters. The molecule has 0 saturated heterocycles. The van der Waals surface area contributed by atoms with Gasteiger partial charge in [-0.05, 0) is 48.9 Å². The number of nitrogens with zero attached hydrogens (tertiary/aromatic N) is 2. The fourth-order valence-electron chi connectivity index (χ4n) is 1.90. The molecule has 2 aromatic rings. The van der Waals surface area contributed by atoms with Gasteiger partial charge in [0.05, 0.1) is 0 Å². The standard InChI is InChI=1S/C15H17BrN2/c1-18(10-7-13-5-8-17-9-6-13)12-14-3-2-4-15(16)11-14/h2-6,8-9,11H,7,10,12H2,1H3. The van der Waals surface area contributed by atoms with Crippen molar-refractivity contribution in [1.29, 1.82) is 0 Å². The van der Waals surface area contributed by atoms with Gasteiger partial charge in [0.25, 0.3) is 0 Å². The predicted molar refractivity (Wildman–Crippen MR) is 78.4 cm³/mol. The zero-order valence-electron chi connectivity index (χ0n) is 10.5. The average molecular weight is 305 g/mol. The highest BCUT2D eigenvalue weighted by molar-refractivity contribution is 9.10. The van der Waals surface area contributed by atoms with Crippen LogP contribution in [0.5, 0.6) is 0 Å². The summed E-state index contributed by atoms with van der Waals surface area (Å²) in [6.45, 7) is 2.03. The van der Waals surface area contributed by atoms with Gasteiger partial charge in [0, 0.05) is 30.0 Å². The summed E-state index contributed by atoms with van der Waals surface area (Å²) < 4.78 is 1.14. The van der Waals surface area contributed by atoms with E-state index in [9.17, 15) is 0 Å². The van der Waals surface area contributed by atoms with Crippen molar-refractivity contribution in [3.05, 3.63) is 64.4 Å².